The number of rotatable bonds is 5. The molecule has 0 fully saturated rings. The van der Waals surface area contributed by atoms with E-state index in [4.69, 9.17) is 4.18 Å². The molecule has 2 aromatic carbocycles. The van der Waals surface area contributed by atoms with Gasteiger partial charge in [-0.2, -0.15) is 8.42 Å². The Labute approximate surface area is 143 Å². The number of nitrogens with one attached hydrogen (secondary N) is 1. The second-order valence-electron chi connectivity index (χ2n) is 4.99. The molecule has 3 rings (SSSR count). The van der Waals surface area contributed by atoms with Crippen LogP contribution in [0.25, 0.3) is 5.69 Å². The summed E-state index contributed by atoms with van der Waals surface area (Å²) >= 11 is 0. The second-order valence-corrected chi connectivity index (χ2v) is 6.54. The Balaban J connectivity index is 1.82. The summed E-state index contributed by atoms with van der Waals surface area (Å²) in [6, 6.07) is 12.0. The van der Waals surface area contributed by atoms with E-state index in [0.29, 0.717) is 11.4 Å². The second kappa shape index (κ2) is 6.69. The summed E-state index contributed by atoms with van der Waals surface area (Å²) in [5.74, 6) is -0.120. The molecule has 0 saturated heterocycles. The lowest BCUT2D eigenvalue weighted by molar-refractivity contribution is -0.114. The molecule has 0 saturated carbocycles. The van der Waals surface area contributed by atoms with Crippen molar-refractivity contribution >= 4 is 21.7 Å². The molecular formula is C15H13N5O4S. The SMILES string of the molecule is CC(=O)Nc1ccc(S(=O)(=O)Oc2cccc(-n3cnnn3)c2)cc1. The van der Waals surface area contributed by atoms with Crippen molar-refractivity contribution < 1.29 is 17.4 Å². The standard InChI is InChI=1S/C15H13N5O4S/c1-11(21)17-12-5-7-15(8-6-12)25(22,23)24-14-4-2-3-13(9-14)20-10-16-18-19-20/h2-10H,1H3,(H,17,21). The number of benzene rings is 2. The number of hydrogen-bond acceptors (Lipinski definition) is 7. The van der Waals surface area contributed by atoms with E-state index in [1.54, 1.807) is 12.1 Å². The molecule has 1 N–H and O–H groups in total. The first-order valence-corrected chi connectivity index (χ1v) is 8.50. The maximum absolute atomic E-state index is 12.4. The highest BCUT2D eigenvalue weighted by atomic mass is 32.2. The summed E-state index contributed by atoms with van der Waals surface area (Å²) in [6.45, 7) is 1.37. The van der Waals surface area contributed by atoms with Crippen molar-refractivity contribution in [3.8, 4) is 11.4 Å². The van der Waals surface area contributed by atoms with Crippen LogP contribution in [0.2, 0.25) is 0 Å². The maximum atomic E-state index is 12.4. The van der Waals surface area contributed by atoms with Gasteiger partial charge in [-0.05, 0) is 46.8 Å². The number of aromatic nitrogens is 4. The Morgan fingerprint density at radius 3 is 2.56 bits per heavy atom. The minimum absolute atomic E-state index is 0.0329. The van der Waals surface area contributed by atoms with Crippen molar-refractivity contribution in [1.29, 1.82) is 0 Å². The Kier molecular flexibility index (Phi) is 4.44. The summed E-state index contributed by atoms with van der Waals surface area (Å²) in [5.41, 5.74) is 1.05. The summed E-state index contributed by atoms with van der Waals surface area (Å²) in [5, 5.41) is 13.3. The average molecular weight is 359 g/mol. The maximum Gasteiger partial charge on any atom is 0.339 e. The van der Waals surface area contributed by atoms with E-state index in [-0.39, 0.29) is 16.6 Å². The van der Waals surface area contributed by atoms with Gasteiger partial charge in [-0.1, -0.05) is 6.07 Å². The molecule has 1 heterocycles. The molecule has 10 heteroatoms. The lowest BCUT2D eigenvalue weighted by Crippen LogP contribution is -2.11. The minimum Gasteiger partial charge on any atom is -0.379 e. The zero-order valence-electron chi connectivity index (χ0n) is 13.0. The molecule has 0 spiro atoms. The van der Waals surface area contributed by atoms with Crippen LogP contribution in [-0.2, 0) is 14.9 Å². The fourth-order valence-electron chi connectivity index (χ4n) is 2.04. The van der Waals surface area contributed by atoms with Gasteiger partial charge >= 0.3 is 10.1 Å². The molecule has 0 aliphatic carbocycles. The van der Waals surface area contributed by atoms with Crippen LogP contribution < -0.4 is 9.50 Å². The van der Waals surface area contributed by atoms with Gasteiger partial charge in [0.25, 0.3) is 0 Å². The zero-order valence-corrected chi connectivity index (χ0v) is 13.8. The number of anilines is 1. The van der Waals surface area contributed by atoms with Crippen LogP contribution in [0.1, 0.15) is 6.92 Å². The topological polar surface area (TPSA) is 116 Å². The molecule has 1 amide bonds. The number of hydrogen-bond donors (Lipinski definition) is 1. The smallest absolute Gasteiger partial charge is 0.339 e. The largest absolute Gasteiger partial charge is 0.379 e. The van der Waals surface area contributed by atoms with Gasteiger partial charge in [0.1, 0.15) is 17.0 Å². The van der Waals surface area contributed by atoms with Gasteiger partial charge in [-0.15, -0.1) is 5.10 Å². The molecular weight excluding hydrogens is 346 g/mol. The number of amides is 1. The third kappa shape index (κ3) is 3.98. The van der Waals surface area contributed by atoms with Crippen LogP contribution in [0.3, 0.4) is 0 Å². The van der Waals surface area contributed by atoms with Gasteiger partial charge in [-0.25, -0.2) is 4.68 Å². The molecule has 3 aromatic rings. The van der Waals surface area contributed by atoms with E-state index in [1.807, 2.05) is 0 Å². The van der Waals surface area contributed by atoms with Gasteiger partial charge in [-0.3, -0.25) is 4.79 Å². The first-order chi connectivity index (χ1) is 11.9. The van der Waals surface area contributed by atoms with Crippen molar-refractivity contribution in [1.82, 2.24) is 20.2 Å². The van der Waals surface area contributed by atoms with Crippen molar-refractivity contribution in [3.05, 3.63) is 54.9 Å². The Morgan fingerprint density at radius 2 is 1.92 bits per heavy atom. The minimum atomic E-state index is -4.02. The van der Waals surface area contributed by atoms with Crippen LogP contribution >= 0.6 is 0 Å². The lowest BCUT2D eigenvalue weighted by Gasteiger charge is -2.09. The van der Waals surface area contributed by atoms with E-state index in [0.717, 1.165) is 0 Å². The highest BCUT2D eigenvalue weighted by Crippen LogP contribution is 2.22. The Hall–Kier alpha value is -3.27. The summed E-state index contributed by atoms with van der Waals surface area (Å²) in [7, 11) is -4.02. The lowest BCUT2D eigenvalue weighted by atomic mass is 10.3. The molecule has 9 nitrogen and oxygen atoms in total. The summed E-state index contributed by atoms with van der Waals surface area (Å²) < 4.78 is 31.3. The highest BCUT2D eigenvalue weighted by molar-refractivity contribution is 7.87. The molecule has 0 aliphatic heterocycles. The van der Waals surface area contributed by atoms with E-state index in [1.165, 1.54) is 54.3 Å². The first-order valence-electron chi connectivity index (χ1n) is 7.10. The summed E-state index contributed by atoms with van der Waals surface area (Å²) in [6.07, 6.45) is 1.38. The van der Waals surface area contributed by atoms with Crippen molar-refractivity contribution in [2.45, 2.75) is 11.8 Å². The predicted molar refractivity (Wildman–Crippen MR) is 87.7 cm³/mol. The third-order valence-electron chi connectivity index (χ3n) is 3.10. The Morgan fingerprint density at radius 1 is 1.16 bits per heavy atom. The molecule has 0 bridgehead atoms. The van der Waals surface area contributed by atoms with E-state index >= 15 is 0 Å². The van der Waals surface area contributed by atoms with Gasteiger partial charge in [0.05, 0.1) is 5.69 Å². The number of carbonyl (C=O) groups is 1. The third-order valence-corrected chi connectivity index (χ3v) is 4.36. The van der Waals surface area contributed by atoms with Gasteiger partial charge in [0.15, 0.2) is 0 Å². The van der Waals surface area contributed by atoms with Crippen LogP contribution in [-0.4, -0.2) is 34.5 Å². The van der Waals surface area contributed by atoms with E-state index in [2.05, 4.69) is 20.8 Å². The van der Waals surface area contributed by atoms with Crippen LogP contribution in [0.5, 0.6) is 5.75 Å². The van der Waals surface area contributed by atoms with Gasteiger partial charge in [0.2, 0.25) is 5.91 Å². The van der Waals surface area contributed by atoms with Crippen molar-refractivity contribution in [2.24, 2.45) is 0 Å². The van der Waals surface area contributed by atoms with Gasteiger partial charge < -0.3 is 9.50 Å². The van der Waals surface area contributed by atoms with Crippen molar-refractivity contribution in [3.63, 3.8) is 0 Å². The molecule has 25 heavy (non-hydrogen) atoms. The number of tetrazole rings is 1. The first kappa shape index (κ1) is 16.6. The normalized spacial score (nSPS) is 11.1. The van der Waals surface area contributed by atoms with E-state index in [9.17, 15) is 13.2 Å². The quantitative estimate of drug-likeness (QED) is 0.684. The van der Waals surface area contributed by atoms with Gasteiger partial charge in [0, 0.05) is 18.7 Å². The molecule has 128 valence electrons. The fourth-order valence-corrected chi connectivity index (χ4v) is 2.96. The fraction of sp³-hybridized carbons (Fsp3) is 0.0667. The molecule has 0 atom stereocenters. The highest BCUT2D eigenvalue weighted by Gasteiger charge is 2.17. The van der Waals surface area contributed by atoms with Crippen LogP contribution in [0.15, 0.2) is 59.8 Å². The molecule has 1 aromatic heterocycles. The summed E-state index contributed by atoms with van der Waals surface area (Å²) in [4.78, 5) is 11.0. The van der Waals surface area contributed by atoms with Crippen molar-refractivity contribution in [2.75, 3.05) is 5.32 Å². The zero-order chi connectivity index (χ0) is 17.9. The average Bonchev–Trinajstić information content (AvgIpc) is 3.09. The monoisotopic (exact) mass is 359 g/mol. The van der Waals surface area contributed by atoms with E-state index < -0.39 is 10.1 Å². The van der Waals surface area contributed by atoms with Crippen LogP contribution in [0, 0.1) is 0 Å². The Bertz CT molecular complexity index is 985. The molecule has 0 unspecified atom stereocenters. The molecule has 0 radical (unpaired) electrons. The van der Waals surface area contributed by atoms with Crippen LogP contribution in [0.4, 0.5) is 5.69 Å². The predicted octanol–water partition coefficient (Wildman–Crippen LogP) is 1.39. The molecule has 0 aliphatic rings. The number of carbonyl (C=O) groups excluding carboxylic acids is 1. The number of nitrogens with zero attached hydrogens (tertiary/aromatic N) is 4.